The summed E-state index contributed by atoms with van der Waals surface area (Å²) in [4.78, 5) is 11.6. The van der Waals surface area contributed by atoms with Gasteiger partial charge in [0, 0.05) is 4.88 Å². The van der Waals surface area contributed by atoms with Gasteiger partial charge in [0.25, 0.3) is 0 Å². The lowest BCUT2D eigenvalue weighted by atomic mass is 10.0. The number of halogens is 1. The van der Waals surface area contributed by atoms with Gasteiger partial charge in [-0.1, -0.05) is 23.7 Å². The highest BCUT2D eigenvalue weighted by molar-refractivity contribution is 7.17. The molecule has 1 heterocycles. The number of carbonyl (C=O) groups is 1. The fourth-order valence-electron chi connectivity index (χ4n) is 1.52. The molecule has 0 saturated heterocycles. The second-order valence-corrected chi connectivity index (χ2v) is 5.44. The van der Waals surface area contributed by atoms with E-state index in [4.69, 9.17) is 22.0 Å². The van der Waals surface area contributed by atoms with Crippen molar-refractivity contribution in [3.05, 3.63) is 56.7 Å². The Kier molecular flexibility index (Phi) is 4.00. The van der Waals surface area contributed by atoms with E-state index in [0.29, 0.717) is 15.5 Å². The summed E-state index contributed by atoms with van der Waals surface area (Å²) in [6.07, 6.45) is 1.73. The predicted octanol–water partition coefficient (Wildman–Crippen LogP) is 4.16. The molecular formula is C14H8ClNO2S. The molecule has 2 aromatic rings. The Morgan fingerprint density at radius 1 is 1.21 bits per heavy atom. The van der Waals surface area contributed by atoms with Crippen LogP contribution in [0.1, 0.15) is 20.8 Å². The van der Waals surface area contributed by atoms with Gasteiger partial charge in [0.05, 0.1) is 21.5 Å². The average Bonchev–Trinajstić information content (AvgIpc) is 2.81. The van der Waals surface area contributed by atoms with Crippen LogP contribution in [0.25, 0.3) is 11.6 Å². The van der Waals surface area contributed by atoms with Crippen LogP contribution in [0, 0.1) is 11.3 Å². The van der Waals surface area contributed by atoms with Crippen LogP contribution >= 0.6 is 22.9 Å². The lowest BCUT2D eigenvalue weighted by molar-refractivity contribution is 0.0697. The molecule has 2 rings (SSSR count). The number of hydrogen-bond acceptors (Lipinski definition) is 3. The summed E-state index contributed by atoms with van der Waals surface area (Å²) in [5.41, 5.74) is 1.34. The number of benzene rings is 1. The van der Waals surface area contributed by atoms with E-state index >= 15 is 0 Å². The smallest absolute Gasteiger partial charge is 0.335 e. The largest absolute Gasteiger partial charge is 0.478 e. The van der Waals surface area contributed by atoms with Crippen molar-refractivity contribution in [2.45, 2.75) is 0 Å². The van der Waals surface area contributed by atoms with Crippen LogP contribution in [0.15, 0.2) is 36.4 Å². The van der Waals surface area contributed by atoms with E-state index in [0.717, 1.165) is 4.88 Å². The Hall–Kier alpha value is -2.09. The molecule has 0 saturated carbocycles. The maximum Gasteiger partial charge on any atom is 0.335 e. The van der Waals surface area contributed by atoms with Crippen LogP contribution in [0.5, 0.6) is 0 Å². The highest BCUT2D eigenvalue weighted by Crippen LogP contribution is 2.26. The molecule has 0 aliphatic heterocycles. The zero-order valence-electron chi connectivity index (χ0n) is 9.63. The maximum atomic E-state index is 10.8. The summed E-state index contributed by atoms with van der Waals surface area (Å²) < 4.78 is 0.657. The van der Waals surface area contributed by atoms with E-state index in [1.54, 1.807) is 24.3 Å². The van der Waals surface area contributed by atoms with Gasteiger partial charge >= 0.3 is 5.97 Å². The molecule has 0 aliphatic rings. The number of thiophene rings is 1. The minimum atomic E-state index is -0.987. The normalized spacial score (nSPS) is 11.1. The summed E-state index contributed by atoms with van der Waals surface area (Å²) in [5.74, 6) is -0.987. The Balaban J connectivity index is 2.35. The van der Waals surface area contributed by atoms with Gasteiger partial charge in [0.1, 0.15) is 0 Å². The number of hydrogen-bond donors (Lipinski definition) is 1. The molecule has 0 unspecified atom stereocenters. The summed E-state index contributed by atoms with van der Waals surface area (Å²) in [6, 6.07) is 11.9. The van der Waals surface area contributed by atoms with Crippen molar-refractivity contribution < 1.29 is 9.90 Å². The quantitative estimate of drug-likeness (QED) is 0.863. The third-order valence-electron chi connectivity index (χ3n) is 2.44. The molecule has 0 spiro atoms. The Morgan fingerprint density at radius 3 is 2.32 bits per heavy atom. The standard InChI is InChI=1S/C14H8ClNO2S/c15-13-6-5-12(19-13)7-11(8-16)9-1-3-10(4-2-9)14(17)18/h1-7H,(H,17,18)/b11-7-. The second-order valence-electron chi connectivity index (χ2n) is 3.69. The molecule has 1 aromatic heterocycles. The summed E-state index contributed by atoms with van der Waals surface area (Å²) in [7, 11) is 0. The van der Waals surface area contributed by atoms with Gasteiger partial charge in [0.15, 0.2) is 0 Å². The van der Waals surface area contributed by atoms with E-state index in [2.05, 4.69) is 6.07 Å². The molecule has 5 heteroatoms. The molecule has 0 fully saturated rings. The third kappa shape index (κ3) is 3.22. The molecule has 3 nitrogen and oxygen atoms in total. The van der Waals surface area contributed by atoms with Gasteiger partial charge in [-0.3, -0.25) is 0 Å². The van der Waals surface area contributed by atoms with Crippen LogP contribution in [0.2, 0.25) is 4.34 Å². The molecule has 0 aliphatic carbocycles. The van der Waals surface area contributed by atoms with Gasteiger partial charge in [-0.05, 0) is 35.9 Å². The zero-order chi connectivity index (χ0) is 13.8. The first-order chi connectivity index (χ1) is 9.10. The maximum absolute atomic E-state index is 10.8. The van der Waals surface area contributed by atoms with E-state index < -0.39 is 5.97 Å². The van der Waals surface area contributed by atoms with Gasteiger partial charge in [-0.15, -0.1) is 11.3 Å². The van der Waals surface area contributed by atoms with Gasteiger partial charge in [0.2, 0.25) is 0 Å². The molecular weight excluding hydrogens is 282 g/mol. The van der Waals surface area contributed by atoms with Crippen molar-refractivity contribution in [2.75, 3.05) is 0 Å². The molecule has 1 aromatic carbocycles. The van der Waals surface area contributed by atoms with Crippen LogP contribution < -0.4 is 0 Å². The first kappa shape index (κ1) is 13.3. The Morgan fingerprint density at radius 2 is 1.84 bits per heavy atom. The number of aromatic carboxylic acids is 1. The Bertz CT molecular complexity index is 680. The van der Waals surface area contributed by atoms with Gasteiger partial charge in [-0.2, -0.15) is 5.26 Å². The molecule has 19 heavy (non-hydrogen) atoms. The minimum Gasteiger partial charge on any atom is -0.478 e. The second kappa shape index (κ2) is 5.70. The number of rotatable bonds is 3. The van der Waals surface area contributed by atoms with E-state index in [1.165, 1.54) is 23.5 Å². The number of carboxylic acids is 1. The topological polar surface area (TPSA) is 61.1 Å². The van der Waals surface area contributed by atoms with Crippen LogP contribution in [0.4, 0.5) is 0 Å². The fraction of sp³-hybridized carbons (Fsp3) is 0. The van der Waals surface area contributed by atoms with E-state index in [1.807, 2.05) is 6.07 Å². The lowest BCUT2D eigenvalue weighted by Crippen LogP contribution is -1.95. The van der Waals surface area contributed by atoms with Gasteiger partial charge < -0.3 is 5.11 Å². The van der Waals surface area contributed by atoms with E-state index in [-0.39, 0.29) is 5.56 Å². The first-order valence-corrected chi connectivity index (χ1v) is 6.50. The predicted molar refractivity (Wildman–Crippen MR) is 76.2 cm³/mol. The van der Waals surface area contributed by atoms with E-state index in [9.17, 15) is 4.79 Å². The van der Waals surface area contributed by atoms with Crippen molar-refractivity contribution in [3.63, 3.8) is 0 Å². The van der Waals surface area contributed by atoms with Crippen molar-refractivity contribution in [3.8, 4) is 6.07 Å². The summed E-state index contributed by atoms with van der Waals surface area (Å²) >= 11 is 7.21. The number of nitrogens with zero attached hydrogens (tertiary/aromatic N) is 1. The monoisotopic (exact) mass is 289 g/mol. The molecule has 0 radical (unpaired) electrons. The SMILES string of the molecule is N#C/C(=C/c1ccc(Cl)s1)c1ccc(C(=O)O)cc1. The molecule has 1 N–H and O–H groups in total. The first-order valence-electron chi connectivity index (χ1n) is 5.31. The molecule has 0 bridgehead atoms. The molecule has 0 atom stereocenters. The fourth-order valence-corrected chi connectivity index (χ4v) is 2.52. The van der Waals surface area contributed by atoms with Gasteiger partial charge in [-0.25, -0.2) is 4.79 Å². The highest BCUT2D eigenvalue weighted by atomic mass is 35.5. The Labute approximate surface area is 119 Å². The van der Waals surface area contributed by atoms with Crippen molar-refractivity contribution in [1.82, 2.24) is 0 Å². The van der Waals surface area contributed by atoms with Crippen molar-refractivity contribution in [1.29, 1.82) is 5.26 Å². The minimum absolute atomic E-state index is 0.195. The summed E-state index contributed by atoms with van der Waals surface area (Å²) in [6.45, 7) is 0. The lowest BCUT2D eigenvalue weighted by Gasteiger charge is -1.99. The number of allylic oxidation sites excluding steroid dienone is 1. The summed E-state index contributed by atoms with van der Waals surface area (Å²) in [5, 5.41) is 18.0. The number of carboxylic acid groups (broad SMARTS) is 1. The van der Waals surface area contributed by atoms with Crippen LogP contribution in [-0.2, 0) is 0 Å². The zero-order valence-corrected chi connectivity index (χ0v) is 11.2. The van der Waals surface area contributed by atoms with Crippen molar-refractivity contribution in [2.24, 2.45) is 0 Å². The third-order valence-corrected chi connectivity index (χ3v) is 3.62. The van der Waals surface area contributed by atoms with Crippen molar-refractivity contribution >= 4 is 40.6 Å². The molecule has 94 valence electrons. The number of nitriles is 1. The van der Waals surface area contributed by atoms with Crippen LogP contribution in [0.3, 0.4) is 0 Å². The van der Waals surface area contributed by atoms with Crippen LogP contribution in [-0.4, -0.2) is 11.1 Å². The highest BCUT2D eigenvalue weighted by Gasteiger charge is 2.05. The molecule has 0 amide bonds. The average molecular weight is 290 g/mol.